The summed E-state index contributed by atoms with van der Waals surface area (Å²) in [5, 5.41) is 4.46. The van der Waals surface area contributed by atoms with Gasteiger partial charge in [-0.15, -0.1) is 0 Å². The topological polar surface area (TPSA) is 70.7 Å². The molecule has 2 aromatic carbocycles. The van der Waals surface area contributed by atoms with Crippen LogP contribution >= 0.6 is 0 Å². The summed E-state index contributed by atoms with van der Waals surface area (Å²) in [4.78, 5) is 26.2. The molecule has 0 saturated carbocycles. The zero-order chi connectivity index (χ0) is 20.2. The number of methoxy groups -OCH3 is 1. The highest BCUT2D eigenvalue weighted by molar-refractivity contribution is 6.11. The van der Waals surface area contributed by atoms with Gasteiger partial charge in [0, 0.05) is 19.8 Å². The van der Waals surface area contributed by atoms with Crippen molar-refractivity contribution < 1.29 is 27.5 Å². The normalized spacial score (nSPS) is 10.9. The smallest absolute Gasteiger partial charge is 0.416 e. The summed E-state index contributed by atoms with van der Waals surface area (Å²) in [5.41, 5.74) is -0.0305. The number of hydrogen-bond donors (Lipinski definition) is 2. The monoisotopic (exact) mass is 381 g/mol. The third-order valence-corrected chi connectivity index (χ3v) is 3.63. The van der Waals surface area contributed by atoms with E-state index < -0.39 is 23.7 Å². The van der Waals surface area contributed by atoms with E-state index in [-0.39, 0.29) is 17.0 Å². The fourth-order valence-corrected chi connectivity index (χ4v) is 2.36. The van der Waals surface area contributed by atoms with Crippen molar-refractivity contribution in [1.29, 1.82) is 0 Å². The minimum Gasteiger partial charge on any atom is -0.496 e. The minimum absolute atomic E-state index is 0.112. The molecular weight excluding hydrogens is 363 g/mol. The Bertz CT molecular complexity index is 834. The maximum atomic E-state index is 12.6. The average molecular weight is 381 g/mol. The Balaban J connectivity index is 2.14. The summed E-state index contributed by atoms with van der Waals surface area (Å²) < 4.78 is 42.8. The maximum absolute atomic E-state index is 12.6. The van der Waals surface area contributed by atoms with Crippen molar-refractivity contribution in [3.05, 3.63) is 53.6 Å². The lowest BCUT2D eigenvalue weighted by Crippen LogP contribution is -2.35. The predicted octanol–water partition coefficient (Wildman–Crippen LogP) is 3.74. The Morgan fingerprint density at radius 2 is 1.67 bits per heavy atom. The van der Waals surface area contributed by atoms with E-state index in [1.54, 1.807) is 37.2 Å². The van der Waals surface area contributed by atoms with Crippen molar-refractivity contribution in [1.82, 2.24) is 5.32 Å². The van der Waals surface area contributed by atoms with Crippen molar-refractivity contribution in [2.45, 2.75) is 6.18 Å². The molecule has 3 amide bonds. The Labute approximate surface area is 153 Å². The third kappa shape index (κ3) is 4.90. The van der Waals surface area contributed by atoms with Crippen LogP contribution in [0.4, 0.5) is 29.3 Å². The van der Waals surface area contributed by atoms with Crippen LogP contribution in [0, 0.1) is 0 Å². The van der Waals surface area contributed by atoms with Crippen LogP contribution in [-0.4, -0.2) is 33.1 Å². The second-order valence-electron chi connectivity index (χ2n) is 5.73. The van der Waals surface area contributed by atoms with Crippen LogP contribution in [0.15, 0.2) is 42.5 Å². The molecule has 0 aliphatic carbocycles. The second kappa shape index (κ2) is 7.98. The van der Waals surface area contributed by atoms with Crippen molar-refractivity contribution in [3.63, 3.8) is 0 Å². The van der Waals surface area contributed by atoms with Gasteiger partial charge in [-0.1, -0.05) is 6.07 Å². The van der Waals surface area contributed by atoms with Gasteiger partial charge in [0.05, 0.1) is 18.4 Å². The molecule has 0 bridgehead atoms. The first kappa shape index (κ1) is 20.1. The van der Waals surface area contributed by atoms with Crippen molar-refractivity contribution in [2.75, 3.05) is 31.4 Å². The molecule has 2 rings (SSSR count). The van der Waals surface area contributed by atoms with E-state index in [2.05, 4.69) is 10.6 Å². The van der Waals surface area contributed by atoms with Gasteiger partial charge in [-0.2, -0.15) is 13.2 Å². The number of carbonyl (C=O) groups excluding carboxylic acids is 2. The average Bonchev–Trinajstić information content (AvgIpc) is 2.60. The van der Waals surface area contributed by atoms with Crippen LogP contribution in [-0.2, 0) is 6.18 Å². The van der Waals surface area contributed by atoms with Crippen LogP contribution < -0.4 is 20.3 Å². The number of benzene rings is 2. The van der Waals surface area contributed by atoms with E-state index in [1.165, 1.54) is 7.11 Å². The van der Waals surface area contributed by atoms with E-state index in [9.17, 15) is 22.8 Å². The lowest BCUT2D eigenvalue weighted by molar-refractivity contribution is -0.137. The number of carbonyl (C=O) groups is 2. The highest BCUT2D eigenvalue weighted by Crippen LogP contribution is 2.30. The molecule has 0 radical (unpaired) electrons. The largest absolute Gasteiger partial charge is 0.496 e. The van der Waals surface area contributed by atoms with Crippen LogP contribution in [0.2, 0.25) is 0 Å². The molecule has 144 valence electrons. The van der Waals surface area contributed by atoms with E-state index in [1.807, 2.05) is 0 Å². The molecule has 0 atom stereocenters. The standard InChI is InChI=1S/C18H18F3N3O3/c1-24(2)13-5-4-6-14(27-3)15(13)16(25)23-17(26)22-12-9-7-11(8-10-12)18(19,20)21/h4-10H,1-3H3,(H2,22,23,25,26). The first-order valence-corrected chi connectivity index (χ1v) is 7.77. The van der Waals surface area contributed by atoms with Crippen LogP contribution in [0.5, 0.6) is 5.75 Å². The number of rotatable bonds is 4. The first-order chi connectivity index (χ1) is 12.6. The van der Waals surface area contributed by atoms with Gasteiger partial charge in [-0.3, -0.25) is 10.1 Å². The van der Waals surface area contributed by atoms with Gasteiger partial charge in [0.1, 0.15) is 11.3 Å². The number of urea groups is 1. The van der Waals surface area contributed by atoms with Crippen molar-refractivity contribution >= 4 is 23.3 Å². The second-order valence-corrected chi connectivity index (χ2v) is 5.73. The fraction of sp³-hybridized carbons (Fsp3) is 0.222. The van der Waals surface area contributed by atoms with E-state index in [0.29, 0.717) is 5.69 Å². The van der Waals surface area contributed by atoms with Crippen molar-refractivity contribution in [2.24, 2.45) is 0 Å². The summed E-state index contributed by atoms with van der Waals surface area (Å²) in [6.45, 7) is 0. The Kier molecular flexibility index (Phi) is 5.94. The maximum Gasteiger partial charge on any atom is 0.416 e. The lowest BCUT2D eigenvalue weighted by atomic mass is 10.1. The summed E-state index contributed by atoms with van der Waals surface area (Å²) in [6.07, 6.45) is -4.47. The van der Waals surface area contributed by atoms with Gasteiger partial charge in [0.15, 0.2) is 0 Å². The molecule has 0 saturated heterocycles. The highest BCUT2D eigenvalue weighted by atomic mass is 19.4. The number of imide groups is 1. The van der Waals surface area contributed by atoms with Gasteiger partial charge in [0.2, 0.25) is 0 Å². The molecule has 9 heteroatoms. The molecule has 2 aromatic rings. The number of nitrogens with one attached hydrogen (secondary N) is 2. The van der Waals surface area contributed by atoms with Crippen LogP contribution in [0.3, 0.4) is 0 Å². The predicted molar refractivity (Wildman–Crippen MR) is 95.2 cm³/mol. The third-order valence-electron chi connectivity index (χ3n) is 3.63. The summed E-state index contributed by atoms with van der Waals surface area (Å²) in [6, 6.07) is 7.95. The molecule has 0 fully saturated rings. The van der Waals surface area contributed by atoms with Crippen LogP contribution in [0.25, 0.3) is 0 Å². The summed E-state index contributed by atoms with van der Waals surface area (Å²) in [5.74, 6) is -0.429. The molecule has 0 spiro atoms. The number of ether oxygens (including phenoxy) is 1. The van der Waals surface area contributed by atoms with Gasteiger partial charge in [-0.25, -0.2) is 4.79 Å². The molecule has 0 aromatic heterocycles. The van der Waals surface area contributed by atoms with Gasteiger partial charge < -0.3 is 15.0 Å². The van der Waals surface area contributed by atoms with Gasteiger partial charge >= 0.3 is 12.2 Å². The lowest BCUT2D eigenvalue weighted by Gasteiger charge is -2.19. The molecule has 0 heterocycles. The van der Waals surface area contributed by atoms with E-state index >= 15 is 0 Å². The Morgan fingerprint density at radius 1 is 1.04 bits per heavy atom. The Morgan fingerprint density at radius 3 is 2.19 bits per heavy atom. The molecule has 27 heavy (non-hydrogen) atoms. The number of alkyl halides is 3. The summed E-state index contributed by atoms with van der Waals surface area (Å²) >= 11 is 0. The zero-order valence-electron chi connectivity index (χ0n) is 14.8. The SMILES string of the molecule is COc1cccc(N(C)C)c1C(=O)NC(=O)Nc1ccc(C(F)(F)F)cc1. The van der Waals surface area contributed by atoms with Gasteiger partial charge in [-0.05, 0) is 36.4 Å². The minimum atomic E-state index is -4.47. The number of halogens is 3. The molecule has 0 unspecified atom stereocenters. The first-order valence-electron chi connectivity index (χ1n) is 7.77. The zero-order valence-corrected chi connectivity index (χ0v) is 14.8. The Hall–Kier alpha value is -3.23. The van der Waals surface area contributed by atoms with Gasteiger partial charge in [0.25, 0.3) is 5.91 Å². The number of hydrogen-bond acceptors (Lipinski definition) is 4. The molecule has 6 nitrogen and oxygen atoms in total. The number of amides is 3. The van der Waals surface area contributed by atoms with Crippen LogP contribution in [0.1, 0.15) is 15.9 Å². The number of anilines is 2. The molecule has 0 aliphatic rings. The quantitative estimate of drug-likeness (QED) is 0.847. The number of nitrogens with zero attached hydrogens (tertiary/aromatic N) is 1. The molecule has 0 aliphatic heterocycles. The molecular formula is C18H18F3N3O3. The fourth-order valence-electron chi connectivity index (χ4n) is 2.36. The highest BCUT2D eigenvalue weighted by Gasteiger charge is 2.30. The molecule has 2 N–H and O–H groups in total. The summed E-state index contributed by atoms with van der Waals surface area (Å²) in [7, 11) is 4.86. The van der Waals surface area contributed by atoms with E-state index in [0.717, 1.165) is 24.3 Å². The van der Waals surface area contributed by atoms with E-state index in [4.69, 9.17) is 4.74 Å². The van der Waals surface area contributed by atoms with Crippen molar-refractivity contribution in [3.8, 4) is 5.75 Å².